The summed E-state index contributed by atoms with van der Waals surface area (Å²) in [5.74, 6) is 0.489. The number of amides is 1. The van der Waals surface area contributed by atoms with E-state index in [1.807, 2.05) is 0 Å². The van der Waals surface area contributed by atoms with Crippen LogP contribution in [0, 0.1) is 0 Å². The number of ether oxygens (including phenoxy) is 1. The van der Waals surface area contributed by atoms with Gasteiger partial charge in [-0.3, -0.25) is 4.79 Å². The van der Waals surface area contributed by atoms with Crippen LogP contribution >= 0.6 is 15.9 Å². The Morgan fingerprint density at radius 1 is 1.43 bits per heavy atom. The van der Waals surface area contributed by atoms with Gasteiger partial charge in [0.2, 0.25) is 0 Å². The average Bonchev–Trinajstić information content (AvgIpc) is 2.46. The van der Waals surface area contributed by atoms with Crippen LogP contribution in [0.4, 0.5) is 5.82 Å². The summed E-state index contributed by atoms with van der Waals surface area (Å²) in [5.41, 5.74) is 0.551. The summed E-state index contributed by atoms with van der Waals surface area (Å²) in [6.07, 6.45) is 4.54. The van der Waals surface area contributed by atoms with Gasteiger partial charge in [-0.15, -0.1) is 0 Å². The molecule has 0 saturated carbocycles. The lowest BCUT2D eigenvalue weighted by Crippen LogP contribution is -2.38. The molecule has 0 bridgehead atoms. The van der Waals surface area contributed by atoms with Crippen molar-refractivity contribution in [2.24, 2.45) is 0 Å². The zero-order valence-corrected chi connectivity index (χ0v) is 14.5. The molecule has 0 aliphatic heterocycles. The van der Waals surface area contributed by atoms with Crippen molar-refractivity contribution in [1.82, 2.24) is 10.3 Å². The van der Waals surface area contributed by atoms with Crippen molar-refractivity contribution >= 4 is 27.7 Å². The van der Waals surface area contributed by atoms with Gasteiger partial charge in [0.05, 0.1) is 18.2 Å². The highest BCUT2D eigenvalue weighted by Gasteiger charge is 2.17. The fourth-order valence-electron chi connectivity index (χ4n) is 2.01. The van der Waals surface area contributed by atoms with Crippen LogP contribution < -0.4 is 10.6 Å². The molecular formula is C15H24BrN3O2. The number of aromatic nitrogens is 1. The van der Waals surface area contributed by atoms with E-state index in [-0.39, 0.29) is 11.9 Å². The summed E-state index contributed by atoms with van der Waals surface area (Å²) in [7, 11) is 1.64. The summed E-state index contributed by atoms with van der Waals surface area (Å²) in [4.78, 5) is 16.8. The quantitative estimate of drug-likeness (QED) is 0.712. The number of nitrogens with one attached hydrogen (secondary N) is 2. The number of hydrogen-bond donors (Lipinski definition) is 2. The molecule has 0 aliphatic carbocycles. The van der Waals surface area contributed by atoms with Gasteiger partial charge < -0.3 is 15.4 Å². The van der Waals surface area contributed by atoms with E-state index in [0.29, 0.717) is 18.0 Å². The molecule has 0 radical (unpaired) electrons. The van der Waals surface area contributed by atoms with Crippen LogP contribution in [0.2, 0.25) is 0 Å². The molecule has 0 saturated heterocycles. The monoisotopic (exact) mass is 357 g/mol. The van der Waals surface area contributed by atoms with Crippen molar-refractivity contribution in [1.29, 1.82) is 0 Å². The lowest BCUT2D eigenvalue weighted by atomic mass is 10.1. The molecule has 0 fully saturated rings. The number of carbonyl (C=O) groups excluding carboxylic acids is 1. The minimum atomic E-state index is -0.127. The Balaban J connectivity index is 2.85. The largest absolute Gasteiger partial charge is 0.383 e. The number of carbonyl (C=O) groups is 1. The van der Waals surface area contributed by atoms with Gasteiger partial charge in [0.25, 0.3) is 5.91 Å². The Kier molecular flexibility index (Phi) is 8.30. The molecule has 1 amide bonds. The van der Waals surface area contributed by atoms with Gasteiger partial charge in [0, 0.05) is 24.3 Å². The first-order valence-electron chi connectivity index (χ1n) is 7.31. The van der Waals surface area contributed by atoms with Crippen LogP contribution in [-0.4, -0.2) is 37.2 Å². The third-order valence-electron chi connectivity index (χ3n) is 2.98. The second kappa shape index (κ2) is 9.73. The van der Waals surface area contributed by atoms with E-state index in [4.69, 9.17) is 4.74 Å². The SMILES string of the molecule is CCCNc1ncc(Br)cc1C(=O)NC(CCC)COC. The third kappa shape index (κ3) is 6.01. The Hall–Kier alpha value is -1.14. The maximum atomic E-state index is 12.5. The van der Waals surface area contributed by atoms with Gasteiger partial charge in [-0.05, 0) is 34.8 Å². The molecule has 1 heterocycles. The molecule has 1 rings (SSSR count). The van der Waals surface area contributed by atoms with Crippen molar-refractivity contribution in [3.8, 4) is 0 Å². The zero-order chi connectivity index (χ0) is 15.7. The minimum Gasteiger partial charge on any atom is -0.383 e. The number of methoxy groups -OCH3 is 1. The van der Waals surface area contributed by atoms with E-state index < -0.39 is 0 Å². The number of halogens is 1. The van der Waals surface area contributed by atoms with Crippen LogP contribution in [0.5, 0.6) is 0 Å². The van der Waals surface area contributed by atoms with E-state index in [1.165, 1.54) is 0 Å². The van der Waals surface area contributed by atoms with Crippen LogP contribution in [0.15, 0.2) is 16.7 Å². The highest BCUT2D eigenvalue weighted by atomic mass is 79.9. The fraction of sp³-hybridized carbons (Fsp3) is 0.600. The number of anilines is 1. The Morgan fingerprint density at radius 2 is 2.19 bits per heavy atom. The summed E-state index contributed by atoms with van der Waals surface area (Å²) < 4.78 is 5.94. The summed E-state index contributed by atoms with van der Waals surface area (Å²) in [6.45, 7) is 5.45. The van der Waals surface area contributed by atoms with Crippen molar-refractivity contribution in [3.63, 3.8) is 0 Å². The predicted molar refractivity (Wildman–Crippen MR) is 88.8 cm³/mol. The van der Waals surface area contributed by atoms with Gasteiger partial charge in [0.1, 0.15) is 5.82 Å². The normalized spacial score (nSPS) is 12.0. The first kappa shape index (κ1) is 17.9. The standard InChI is InChI=1S/C15H24BrN3O2/c1-4-6-12(10-21-3)19-15(20)13-8-11(16)9-18-14(13)17-7-5-2/h8-9,12H,4-7,10H2,1-3H3,(H,17,18)(H,19,20). The van der Waals surface area contributed by atoms with E-state index in [2.05, 4.69) is 45.4 Å². The van der Waals surface area contributed by atoms with Gasteiger partial charge in [0.15, 0.2) is 0 Å². The molecule has 1 atom stereocenters. The first-order chi connectivity index (χ1) is 10.1. The average molecular weight is 358 g/mol. The summed E-state index contributed by atoms with van der Waals surface area (Å²) in [5, 5.41) is 6.20. The molecule has 6 heteroatoms. The maximum absolute atomic E-state index is 12.5. The van der Waals surface area contributed by atoms with Crippen molar-refractivity contribution in [2.75, 3.05) is 25.6 Å². The van der Waals surface area contributed by atoms with Crippen molar-refractivity contribution in [3.05, 3.63) is 22.3 Å². The molecule has 1 aromatic rings. The molecule has 1 unspecified atom stereocenters. The van der Waals surface area contributed by atoms with Gasteiger partial charge in [-0.2, -0.15) is 0 Å². The van der Waals surface area contributed by atoms with E-state index in [0.717, 1.165) is 30.3 Å². The number of pyridine rings is 1. The molecule has 5 nitrogen and oxygen atoms in total. The Bertz CT molecular complexity index is 449. The van der Waals surface area contributed by atoms with Crippen molar-refractivity contribution in [2.45, 2.75) is 39.2 Å². The molecule has 0 aromatic carbocycles. The summed E-state index contributed by atoms with van der Waals surface area (Å²) in [6, 6.07) is 1.81. The Labute approximate surface area is 135 Å². The summed E-state index contributed by atoms with van der Waals surface area (Å²) >= 11 is 3.37. The molecule has 118 valence electrons. The van der Waals surface area contributed by atoms with Crippen LogP contribution in [0.1, 0.15) is 43.5 Å². The van der Waals surface area contributed by atoms with Crippen LogP contribution in [0.25, 0.3) is 0 Å². The van der Waals surface area contributed by atoms with Gasteiger partial charge >= 0.3 is 0 Å². The lowest BCUT2D eigenvalue weighted by molar-refractivity contribution is 0.0892. The third-order valence-corrected chi connectivity index (χ3v) is 3.42. The molecule has 2 N–H and O–H groups in total. The lowest BCUT2D eigenvalue weighted by Gasteiger charge is -2.18. The van der Waals surface area contributed by atoms with Crippen LogP contribution in [-0.2, 0) is 4.74 Å². The van der Waals surface area contributed by atoms with E-state index in [9.17, 15) is 4.79 Å². The van der Waals surface area contributed by atoms with Gasteiger partial charge in [-0.1, -0.05) is 20.3 Å². The molecule has 0 aliphatic rings. The van der Waals surface area contributed by atoms with Gasteiger partial charge in [-0.25, -0.2) is 4.98 Å². The highest BCUT2D eigenvalue weighted by molar-refractivity contribution is 9.10. The van der Waals surface area contributed by atoms with E-state index in [1.54, 1.807) is 19.4 Å². The fourth-order valence-corrected chi connectivity index (χ4v) is 2.34. The second-order valence-electron chi connectivity index (χ2n) is 4.89. The molecule has 1 aromatic heterocycles. The number of hydrogen-bond acceptors (Lipinski definition) is 4. The second-order valence-corrected chi connectivity index (χ2v) is 5.81. The predicted octanol–water partition coefficient (Wildman–Crippen LogP) is 3.21. The smallest absolute Gasteiger partial charge is 0.255 e. The molecular weight excluding hydrogens is 334 g/mol. The molecule has 21 heavy (non-hydrogen) atoms. The number of nitrogens with zero attached hydrogens (tertiary/aromatic N) is 1. The minimum absolute atomic E-state index is 0.0190. The Morgan fingerprint density at radius 3 is 2.81 bits per heavy atom. The topological polar surface area (TPSA) is 63.2 Å². The zero-order valence-electron chi connectivity index (χ0n) is 12.9. The molecule has 0 spiro atoms. The number of rotatable bonds is 9. The van der Waals surface area contributed by atoms with Crippen molar-refractivity contribution < 1.29 is 9.53 Å². The van der Waals surface area contributed by atoms with Crippen LogP contribution in [0.3, 0.4) is 0 Å². The van der Waals surface area contributed by atoms with E-state index >= 15 is 0 Å². The highest BCUT2D eigenvalue weighted by Crippen LogP contribution is 2.18. The maximum Gasteiger partial charge on any atom is 0.255 e. The first-order valence-corrected chi connectivity index (χ1v) is 8.10.